The molecule has 1 saturated heterocycles. The summed E-state index contributed by atoms with van der Waals surface area (Å²) in [5.41, 5.74) is 7.43. The molecule has 1 aromatic heterocycles. The van der Waals surface area contributed by atoms with Crippen molar-refractivity contribution in [3.05, 3.63) is 112 Å². The molecule has 9 heteroatoms. The van der Waals surface area contributed by atoms with Crippen molar-refractivity contribution >= 4 is 40.5 Å². The van der Waals surface area contributed by atoms with E-state index in [1.54, 1.807) is 24.3 Å². The molecule has 0 bridgehead atoms. The molecule has 43 heavy (non-hydrogen) atoms. The number of rotatable bonds is 9. The first-order valence-corrected chi connectivity index (χ1v) is 14.8. The largest absolute Gasteiger partial charge is 0.459 e. The monoisotopic (exact) mass is 599 g/mol. The number of furan rings is 1. The molecule has 1 aliphatic rings. The van der Waals surface area contributed by atoms with Gasteiger partial charge in [-0.05, 0) is 80.5 Å². The van der Waals surface area contributed by atoms with E-state index in [2.05, 4.69) is 69.5 Å². The van der Waals surface area contributed by atoms with Gasteiger partial charge in [-0.25, -0.2) is 0 Å². The molecule has 5 rings (SSSR count). The molecule has 224 valence electrons. The van der Waals surface area contributed by atoms with Gasteiger partial charge >= 0.3 is 0 Å². The van der Waals surface area contributed by atoms with Gasteiger partial charge in [0.25, 0.3) is 11.8 Å². The molecular weight excluding hydrogens is 562 g/mol. The molecule has 2 N–H and O–H groups in total. The first kappa shape index (κ1) is 30.2. The van der Waals surface area contributed by atoms with Crippen molar-refractivity contribution in [2.75, 3.05) is 55.4 Å². The quantitative estimate of drug-likeness (QED) is 0.241. The number of nitrogens with one attached hydrogen (secondary N) is 2. The average molecular weight is 600 g/mol. The molecule has 0 atom stereocenters. The number of aryl methyl sites for hydroxylation is 2. The Hall–Kier alpha value is -4.27. The Kier molecular flexibility index (Phi) is 9.38. The van der Waals surface area contributed by atoms with Crippen molar-refractivity contribution in [2.45, 2.75) is 26.9 Å². The van der Waals surface area contributed by atoms with Crippen LogP contribution < -0.4 is 20.4 Å². The molecule has 8 nitrogen and oxygen atoms in total. The predicted molar refractivity (Wildman–Crippen MR) is 173 cm³/mol. The van der Waals surface area contributed by atoms with E-state index in [9.17, 15) is 9.59 Å². The van der Waals surface area contributed by atoms with E-state index in [1.165, 1.54) is 28.6 Å². The lowest BCUT2D eigenvalue weighted by atomic mass is 10.1. The lowest BCUT2D eigenvalue weighted by molar-refractivity contribution is 0.0949. The fourth-order valence-corrected chi connectivity index (χ4v) is 5.66. The van der Waals surface area contributed by atoms with E-state index in [-0.39, 0.29) is 11.7 Å². The van der Waals surface area contributed by atoms with Gasteiger partial charge in [0.05, 0.1) is 28.2 Å². The molecule has 0 unspecified atom stereocenters. The number of anilines is 3. The minimum Gasteiger partial charge on any atom is -0.459 e. The van der Waals surface area contributed by atoms with E-state index < -0.39 is 5.91 Å². The number of carbonyl (C=O) groups excluding carboxylic acids is 2. The molecule has 0 aliphatic carbocycles. The number of benzene rings is 3. The molecule has 0 saturated carbocycles. The van der Waals surface area contributed by atoms with Gasteiger partial charge in [-0.1, -0.05) is 48.0 Å². The maximum absolute atomic E-state index is 13.4. The fourth-order valence-electron chi connectivity index (χ4n) is 5.42. The Bertz CT molecular complexity index is 1590. The second-order valence-electron chi connectivity index (χ2n) is 11.3. The fraction of sp³-hybridized carbons (Fsp3) is 0.294. The molecule has 2 heterocycles. The maximum atomic E-state index is 13.4. The van der Waals surface area contributed by atoms with E-state index in [0.717, 1.165) is 44.0 Å². The molecular formula is C34H38ClN5O3. The SMILES string of the molecule is Cc1ccc(C)c(N2CCN(c3cc(Cl)c(C(=O)NCc4cccc(CN(C)C)c4)cc3NC(=O)c3ccco3)CC2)c1. The molecule has 2 amide bonds. The van der Waals surface area contributed by atoms with E-state index in [4.69, 9.17) is 16.0 Å². The Balaban J connectivity index is 1.36. The van der Waals surface area contributed by atoms with Gasteiger partial charge in [-0.3, -0.25) is 9.59 Å². The van der Waals surface area contributed by atoms with Gasteiger partial charge < -0.3 is 29.8 Å². The van der Waals surface area contributed by atoms with Crippen molar-refractivity contribution < 1.29 is 14.0 Å². The number of halogens is 1. The lowest BCUT2D eigenvalue weighted by Gasteiger charge is -2.39. The van der Waals surface area contributed by atoms with Crippen molar-refractivity contribution in [3.8, 4) is 0 Å². The summed E-state index contributed by atoms with van der Waals surface area (Å²) in [5, 5.41) is 6.27. The highest BCUT2D eigenvalue weighted by Gasteiger charge is 2.24. The van der Waals surface area contributed by atoms with Crippen molar-refractivity contribution in [2.24, 2.45) is 0 Å². The minimum atomic E-state index is -0.397. The van der Waals surface area contributed by atoms with Crippen LogP contribution in [0.15, 0.2) is 77.4 Å². The number of hydrogen-bond acceptors (Lipinski definition) is 6. The average Bonchev–Trinajstić information content (AvgIpc) is 3.53. The summed E-state index contributed by atoms with van der Waals surface area (Å²) >= 11 is 6.74. The van der Waals surface area contributed by atoms with Crippen LogP contribution in [0.2, 0.25) is 5.02 Å². The molecule has 3 aromatic carbocycles. The van der Waals surface area contributed by atoms with Gasteiger partial charge in [0.2, 0.25) is 0 Å². The summed E-state index contributed by atoms with van der Waals surface area (Å²) in [5.74, 6) is -0.529. The normalized spacial score (nSPS) is 13.3. The van der Waals surface area contributed by atoms with Gasteiger partial charge in [0.15, 0.2) is 5.76 Å². The summed E-state index contributed by atoms with van der Waals surface area (Å²) < 4.78 is 5.32. The van der Waals surface area contributed by atoms with E-state index >= 15 is 0 Å². The van der Waals surface area contributed by atoms with Crippen molar-refractivity contribution in [3.63, 3.8) is 0 Å². The molecule has 4 aromatic rings. The first-order valence-electron chi connectivity index (χ1n) is 14.4. The summed E-state index contributed by atoms with van der Waals surface area (Å²) in [6.07, 6.45) is 1.45. The third-order valence-electron chi connectivity index (χ3n) is 7.59. The van der Waals surface area contributed by atoms with Crippen LogP contribution in [0.1, 0.15) is 43.2 Å². The Morgan fingerprint density at radius 3 is 2.28 bits per heavy atom. The zero-order chi connectivity index (χ0) is 30.5. The smallest absolute Gasteiger partial charge is 0.291 e. The number of amides is 2. The predicted octanol–water partition coefficient (Wildman–Crippen LogP) is 6.12. The Morgan fingerprint density at radius 2 is 1.58 bits per heavy atom. The van der Waals surface area contributed by atoms with Crippen LogP contribution in [0, 0.1) is 13.8 Å². The van der Waals surface area contributed by atoms with Crippen LogP contribution in [0.3, 0.4) is 0 Å². The first-order chi connectivity index (χ1) is 20.7. The van der Waals surface area contributed by atoms with Gasteiger partial charge in [0.1, 0.15) is 0 Å². The summed E-state index contributed by atoms with van der Waals surface area (Å²) in [7, 11) is 4.04. The van der Waals surface area contributed by atoms with Crippen molar-refractivity contribution in [1.29, 1.82) is 0 Å². The van der Waals surface area contributed by atoms with E-state index in [0.29, 0.717) is 22.8 Å². The van der Waals surface area contributed by atoms with Gasteiger partial charge in [-0.15, -0.1) is 0 Å². The van der Waals surface area contributed by atoms with Crippen LogP contribution in [-0.2, 0) is 13.1 Å². The van der Waals surface area contributed by atoms with Gasteiger partial charge in [-0.2, -0.15) is 0 Å². The van der Waals surface area contributed by atoms with Crippen LogP contribution in [-0.4, -0.2) is 57.0 Å². The molecule has 0 spiro atoms. The lowest BCUT2D eigenvalue weighted by Crippen LogP contribution is -2.47. The Morgan fingerprint density at radius 1 is 0.860 bits per heavy atom. The summed E-state index contributed by atoms with van der Waals surface area (Å²) in [4.78, 5) is 33.1. The number of carbonyl (C=O) groups is 2. The molecule has 1 aliphatic heterocycles. The van der Waals surface area contributed by atoms with Crippen molar-refractivity contribution in [1.82, 2.24) is 10.2 Å². The third kappa shape index (κ3) is 7.39. The highest BCUT2D eigenvalue weighted by molar-refractivity contribution is 6.34. The highest BCUT2D eigenvalue weighted by Crippen LogP contribution is 2.34. The number of hydrogen-bond donors (Lipinski definition) is 2. The molecule has 1 fully saturated rings. The van der Waals surface area contributed by atoms with Crippen LogP contribution >= 0.6 is 11.6 Å². The summed E-state index contributed by atoms with van der Waals surface area (Å²) in [6.45, 7) is 8.47. The highest BCUT2D eigenvalue weighted by atomic mass is 35.5. The Labute approximate surface area is 258 Å². The number of nitrogens with zero attached hydrogens (tertiary/aromatic N) is 3. The maximum Gasteiger partial charge on any atom is 0.291 e. The van der Waals surface area contributed by atoms with Gasteiger partial charge in [0, 0.05) is 45.0 Å². The van der Waals surface area contributed by atoms with Crippen LogP contribution in [0.25, 0.3) is 0 Å². The van der Waals surface area contributed by atoms with Crippen LogP contribution in [0.5, 0.6) is 0 Å². The minimum absolute atomic E-state index is 0.184. The second-order valence-corrected chi connectivity index (χ2v) is 11.7. The number of piperazine rings is 1. The van der Waals surface area contributed by atoms with Crippen LogP contribution in [0.4, 0.5) is 17.1 Å². The zero-order valence-corrected chi connectivity index (χ0v) is 25.9. The topological polar surface area (TPSA) is 81.1 Å². The molecule has 0 radical (unpaired) electrons. The second kappa shape index (κ2) is 13.4. The standard InChI is InChI=1S/C34H38ClN5O3/c1-23-10-11-24(2)30(17-23)39-12-14-40(15-13-39)31-20-28(35)27(19-29(31)37-34(42)32-9-6-16-43-32)33(41)36-21-25-7-5-8-26(18-25)22-38(3)4/h5-11,16-20H,12-15,21-22H2,1-4H3,(H,36,41)(H,37,42). The summed E-state index contributed by atoms with van der Waals surface area (Å²) in [6, 6.07) is 21.3. The third-order valence-corrected chi connectivity index (χ3v) is 7.90. The van der Waals surface area contributed by atoms with E-state index in [1.807, 2.05) is 26.2 Å². The zero-order valence-electron chi connectivity index (χ0n) is 25.1.